The van der Waals surface area contributed by atoms with Crippen molar-refractivity contribution >= 4 is 0 Å². The lowest BCUT2D eigenvalue weighted by Crippen LogP contribution is -2.61. The standard InChI is InChI=1S/C42H50O8/c1-29-38(39(31(3)48-41(29)43)46-26-34-20-12-6-13-21-34)50-42-30(2)37(45-25-33-18-10-5-11-19-33)40(47-27-35-22-14-7-15-23-35)36(49-42)28-44-24-32-16-8-4-9-17-32/h4-23,29-31,36-43H,24-28H2,1-3H3/t29-,30?,31?,36?,37?,38?,39-,40+,41?,42+/m0/s1. The predicted molar refractivity (Wildman–Crippen MR) is 190 cm³/mol. The summed E-state index contributed by atoms with van der Waals surface area (Å²) in [7, 11) is 0. The van der Waals surface area contributed by atoms with Crippen LogP contribution in [-0.2, 0) is 59.6 Å². The maximum absolute atomic E-state index is 10.9. The molecule has 0 amide bonds. The molecule has 8 nitrogen and oxygen atoms in total. The van der Waals surface area contributed by atoms with Gasteiger partial charge in [0.25, 0.3) is 0 Å². The van der Waals surface area contributed by atoms with E-state index >= 15 is 0 Å². The van der Waals surface area contributed by atoms with Crippen LogP contribution < -0.4 is 0 Å². The first kappa shape index (κ1) is 36.4. The Balaban J connectivity index is 1.25. The van der Waals surface area contributed by atoms with E-state index in [9.17, 15) is 5.11 Å². The molecular formula is C42H50O8. The number of benzene rings is 4. The largest absolute Gasteiger partial charge is 0.374 e. The molecule has 0 spiro atoms. The molecule has 0 aliphatic carbocycles. The van der Waals surface area contributed by atoms with Crippen LogP contribution >= 0.6 is 0 Å². The first-order valence-corrected chi connectivity index (χ1v) is 17.7. The summed E-state index contributed by atoms with van der Waals surface area (Å²) in [6.07, 6.45) is -4.46. The fraction of sp³-hybridized carbons (Fsp3) is 0.429. The van der Waals surface area contributed by atoms with Crippen molar-refractivity contribution < 1.29 is 38.3 Å². The van der Waals surface area contributed by atoms with Gasteiger partial charge in [0, 0.05) is 11.8 Å². The van der Waals surface area contributed by atoms with E-state index in [1.165, 1.54) is 0 Å². The second-order valence-corrected chi connectivity index (χ2v) is 13.4. The molecule has 2 heterocycles. The monoisotopic (exact) mass is 682 g/mol. The molecule has 0 radical (unpaired) electrons. The van der Waals surface area contributed by atoms with Crippen molar-refractivity contribution in [1.29, 1.82) is 0 Å². The number of hydrogen-bond acceptors (Lipinski definition) is 8. The maximum Gasteiger partial charge on any atom is 0.163 e. The van der Waals surface area contributed by atoms with Crippen molar-refractivity contribution in [1.82, 2.24) is 0 Å². The Bertz CT molecular complexity index is 1520. The van der Waals surface area contributed by atoms with E-state index in [0.29, 0.717) is 26.4 Å². The molecule has 2 saturated heterocycles. The Labute approximate surface area is 296 Å². The van der Waals surface area contributed by atoms with Crippen molar-refractivity contribution in [3.8, 4) is 0 Å². The smallest absolute Gasteiger partial charge is 0.163 e. The third kappa shape index (κ3) is 9.66. The summed E-state index contributed by atoms with van der Waals surface area (Å²) in [5.74, 6) is -0.631. The fourth-order valence-electron chi connectivity index (χ4n) is 6.68. The highest BCUT2D eigenvalue weighted by molar-refractivity contribution is 5.16. The molecule has 0 aromatic heterocycles. The summed E-state index contributed by atoms with van der Waals surface area (Å²) in [4.78, 5) is 0. The minimum absolute atomic E-state index is 0.248. The van der Waals surface area contributed by atoms with Crippen LogP contribution in [0.5, 0.6) is 0 Å². The molecular weight excluding hydrogens is 632 g/mol. The van der Waals surface area contributed by atoms with E-state index in [1.807, 2.05) is 123 Å². The van der Waals surface area contributed by atoms with E-state index in [4.69, 9.17) is 33.2 Å². The molecule has 0 saturated carbocycles. The van der Waals surface area contributed by atoms with Gasteiger partial charge in [0.15, 0.2) is 12.6 Å². The van der Waals surface area contributed by atoms with Gasteiger partial charge in [-0.3, -0.25) is 0 Å². The Morgan fingerprint density at radius 2 is 0.940 bits per heavy atom. The van der Waals surface area contributed by atoms with Crippen LogP contribution in [0, 0.1) is 11.8 Å². The van der Waals surface area contributed by atoms with Crippen molar-refractivity contribution in [2.75, 3.05) is 6.61 Å². The van der Waals surface area contributed by atoms with Crippen LogP contribution in [0.4, 0.5) is 0 Å². The van der Waals surface area contributed by atoms with Crippen LogP contribution in [0.25, 0.3) is 0 Å². The third-order valence-electron chi connectivity index (χ3n) is 9.60. The predicted octanol–water partition coefficient (Wildman–Crippen LogP) is 7.08. The first-order chi connectivity index (χ1) is 24.5. The second-order valence-electron chi connectivity index (χ2n) is 13.4. The van der Waals surface area contributed by atoms with Crippen molar-refractivity contribution in [3.05, 3.63) is 144 Å². The highest BCUT2D eigenvalue weighted by Crippen LogP contribution is 2.37. The zero-order chi connectivity index (χ0) is 34.7. The lowest BCUT2D eigenvalue weighted by Gasteiger charge is -2.49. The molecule has 4 aromatic carbocycles. The van der Waals surface area contributed by atoms with Gasteiger partial charge in [-0.05, 0) is 29.2 Å². The number of hydrogen-bond donors (Lipinski definition) is 1. The SMILES string of the molecule is CC1C(OCc2ccccc2)[C@H](OCc2ccccc2)C(COCc2ccccc2)O[C@@H]1OC1[C@H](C)C(O)OC(C)[C@@H]1OCc1ccccc1. The molecule has 2 fully saturated rings. The lowest BCUT2D eigenvalue weighted by atomic mass is 9.89. The molecule has 4 aromatic rings. The maximum atomic E-state index is 10.9. The molecule has 6 rings (SSSR count). The normalized spacial score (nSPS) is 29.8. The van der Waals surface area contributed by atoms with Gasteiger partial charge >= 0.3 is 0 Å². The van der Waals surface area contributed by atoms with Crippen molar-refractivity contribution in [3.63, 3.8) is 0 Å². The van der Waals surface area contributed by atoms with Crippen LogP contribution in [0.2, 0.25) is 0 Å². The quantitative estimate of drug-likeness (QED) is 0.143. The van der Waals surface area contributed by atoms with Gasteiger partial charge in [-0.15, -0.1) is 0 Å². The minimum atomic E-state index is -1.01. The van der Waals surface area contributed by atoms with Gasteiger partial charge in [-0.1, -0.05) is 135 Å². The average molecular weight is 683 g/mol. The zero-order valence-corrected chi connectivity index (χ0v) is 29.2. The van der Waals surface area contributed by atoms with Crippen LogP contribution in [0.3, 0.4) is 0 Å². The van der Waals surface area contributed by atoms with Crippen molar-refractivity contribution in [2.45, 2.75) is 96.4 Å². The van der Waals surface area contributed by atoms with Crippen LogP contribution in [0.1, 0.15) is 43.0 Å². The topological polar surface area (TPSA) is 84.8 Å². The van der Waals surface area contributed by atoms with Gasteiger partial charge in [0.2, 0.25) is 0 Å². The molecule has 266 valence electrons. The van der Waals surface area contributed by atoms with Crippen LogP contribution in [-0.4, -0.2) is 60.9 Å². The number of aliphatic hydroxyl groups excluding tert-OH is 1. The van der Waals surface area contributed by atoms with Gasteiger partial charge < -0.3 is 38.3 Å². The molecule has 6 unspecified atom stereocenters. The highest BCUT2D eigenvalue weighted by Gasteiger charge is 2.50. The zero-order valence-electron chi connectivity index (χ0n) is 29.2. The summed E-state index contributed by atoms with van der Waals surface area (Å²) >= 11 is 0. The summed E-state index contributed by atoms with van der Waals surface area (Å²) in [5.41, 5.74) is 4.23. The van der Waals surface area contributed by atoms with E-state index in [2.05, 4.69) is 19.1 Å². The molecule has 8 heteroatoms. The molecule has 50 heavy (non-hydrogen) atoms. The van der Waals surface area contributed by atoms with Gasteiger partial charge in [-0.25, -0.2) is 0 Å². The Morgan fingerprint density at radius 3 is 1.44 bits per heavy atom. The van der Waals surface area contributed by atoms with Gasteiger partial charge in [0.05, 0.1) is 51.3 Å². The number of aliphatic hydroxyl groups is 1. The van der Waals surface area contributed by atoms with E-state index in [-0.39, 0.29) is 18.4 Å². The van der Waals surface area contributed by atoms with Crippen molar-refractivity contribution in [2.24, 2.45) is 11.8 Å². The third-order valence-corrected chi connectivity index (χ3v) is 9.60. The summed E-state index contributed by atoms with van der Waals surface area (Å²) in [5, 5.41) is 10.9. The fourth-order valence-corrected chi connectivity index (χ4v) is 6.68. The number of ether oxygens (including phenoxy) is 7. The Hall–Kier alpha value is -3.44. The highest BCUT2D eigenvalue weighted by atomic mass is 16.7. The summed E-state index contributed by atoms with van der Waals surface area (Å²) in [6.45, 7) is 7.78. The Kier molecular flexibility index (Phi) is 13.2. The van der Waals surface area contributed by atoms with Gasteiger partial charge in [-0.2, -0.15) is 0 Å². The van der Waals surface area contributed by atoms with E-state index < -0.39 is 49.2 Å². The van der Waals surface area contributed by atoms with E-state index in [1.54, 1.807) is 0 Å². The molecule has 2 aliphatic heterocycles. The average Bonchev–Trinajstić information content (AvgIpc) is 3.15. The van der Waals surface area contributed by atoms with Gasteiger partial charge in [0.1, 0.15) is 18.3 Å². The second kappa shape index (κ2) is 18.2. The minimum Gasteiger partial charge on any atom is -0.374 e. The summed E-state index contributed by atoms with van der Waals surface area (Å²) < 4.78 is 45.8. The van der Waals surface area contributed by atoms with Crippen LogP contribution in [0.15, 0.2) is 121 Å². The molecule has 10 atom stereocenters. The van der Waals surface area contributed by atoms with E-state index in [0.717, 1.165) is 22.3 Å². The molecule has 0 bridgehead atoms. The first-order valence-electron chi connectivity index (χ1n) is 17.7. The Morgan fingerprint density at radius 1 is 0.500 bits per heavy atom. The molecule has 2 aliphatic rings. The lowest BCUT2D eigenvalue weighted by molar-refractivity contribution is -0.347. The number of rotatable bonds is 15. The summed E-state index contributed by atoms with van der Waals surface area (Å²) in [6, 6.07) is 40.3. The molecule has 1 N–H and O–H groups in total.